The molecule has 0 radical (unpaired) electrons. The molecule has 6 N–H and O–H groups in total. The lowest BCUT2D eigenvalue weighted by Crippen LogP contribution is -2.43. The van der Waals surface area contributed by atoms with Gasteiger partial charge in [0.25, 0.3) is 0 Å². The Morgan fingerprint density at radius 3 is 2.70 bits per heavy atom. The Kier molecular flexibility index (Phi) is 6.07. The Bertz CT molecular complexity index is 502. The summed E-state index contributed by atoms with van der Waals surface area (Å²) in [5.41, 5.74) is 10.9. The molecule has 0 fully saturated rings. The summed E-state index contributed by atoms with van der Waals surface area (Å²) in [6.45, 7) is 0.471. The predicted octanol–water partition coefficient (Wildman–Crippen LogP) is -1.37. The summed E-state index contributed by atoms with van der Waals surface area (Å²) in [5, 5.41) is 13.6. The molecule has 1 aromatic rings. The average Bonchev–Trinajstić information content (AvgIpc) is 2.75. The summed E-state index contributed by atoms with van der Waals surface area (Å²) in [7, 11) is 0. The highest BCUT2D eigenvalue weighted by molar-refractivity contribution is 7.09. The second-order valence-electron chi connectivity index (χ2n) is 4.08. The maximum atomic E-state index is 11.7. The minimum atomic E-state index is -1.32. The second-order valence-corrected chi connectivity index (χ2v) is 5.02. The minimum Gasteiger partial charge on any atom is -0.480 e. The predicted molar refractivity (Wildman–Crippen MR) is 72.0 cm³/mol. The van der Waals surface area contributed by atoms with Crippen molar-refractivity contribution in [2.24, 2.45) is 11.5 Å². The van der Waals surface area contributed by atoms with Crippen LogP contribution >= 0.6 is 11.3 Å². The molecule has 20 heavy (non-hydrogen) atoms. The molecule has 0 aliphatic heterocycles. The van der Waals surface area contributed by atoms with Crippen LogP contribution in [-0.2, 0) is 27.2 Å². The highest BCUT2D eigenvalue weighted by Crippen LogP contribution is 2.10. The Balaban J connectivity index is 2.56. The van der Waals surface area contributed by atoms with Crippen molar-refractivity contribution in [3.8, 4) is 0 Å². The number of amides is 2. The molecular formula is C11H16N4O4S. The quantitative estimate of drug-likeness (QED) is 0.465. The zero-order chi connectivity index (χ0) is 15.1. The number of hydrogen-bond donors (Lipinski definition) is 4. The van der Waals surface area contributed by atoms with Crippen LogP contribution in [0.5, 0.6) is 0 Å². The van der Waals surface area contributed by atoms with Gasteiger partial charge in [-0.05, 0) is 6.54 Å². The number of carbonyl (C=O) groups excluding carboxylic acids is 2. The topological polar surface area (TPSA) is 148 Å². The van der Waals surface area contributed by atoms with Crippen molar-refractivity contribution < 1.29 is 19.5 Å². The van der Waals surface area contributed by atoms with Crippen LogP contribution in [0.1, 0.15) is 17.1 Å². The molecule has 0 aromatic carbocycles. The third kappa shape index (κ3) is 5.33. The summed E-state index contributed by atoms with van der Waals surface area (Å²) >= 11 is 1.39. The number of nitrogens with one attached hydrogen (secondary N) is 1. The largest absolute Gasteiger partial charge is 0.480 e. The highest BCUT2D eigenvalue weighted by Gasteiger charge is 2.22. The Morgan fingerprint density at radius 1 is 1.45 bits per heavy atom. The van der Waals surface area contributed by atoms with Gasteiger partial charge in [0.1, 0.15) is 6.04 Å². The molecule has 1 heterocycles. The van der Waals surface area contributed by atoms with Crippen molar-refractivity contribution in [1.82, 2.24) is 10.3 Å². The standard InChI is InChI=1S/C11H16N4O4S/c12-2-1-10-14-6(5-20-10)3-9(17)15-7(11(18)19)4-8(13)16/h5,7H,1-4,12H2,(H2,13,16)(H,15,17)(H,18,19). The Labute approximate surface area is 119 Å². The first kappa shape index (κ1) is 16.1. The number of aliphatic carboxylic acids is 1. The van der Waals surface area contributed by atoms with Crippen LogP contribution < -0.4 is 16.8 Å². The summed E-state index contributed by atoms with van der Waals surface area (Å²) in [6.07, 6.45) is 0.131. The molecule has 2 amide bonds. The molecule has 1 atom stereocenters. The zero-order valence-electron chi connectivity index (χ0n) is 10.7. The van der Waals surface area contributed by atoms with E-state index in [2.05, 4.69) is 10.3 Å². The lowest BCUT2D eigenvalue weighted by Gasteiger charge is -2.12. The van der Waals surface area contributed by atoms with Gasteiger partial charge in [-0.15, -0.1) is 11.3 Å². The maximum absolute atomic E-state index is 11.7. The van der Waals surface area contributed by atoms with Gasteiger partial charge in [-0.1, -0.05) is 0 Å². The molecule has 110 valence electrons. The second kappa shape index (κ2) is 7.56. The minimum absolute atomic E-state index is 0.0520. The van der Waals surface area contributed by atoms with Gasteiger partial charge >= 0.3 is 5.97 Å². The number of thiazole rings is 1. The molecule has 0 spiro atoms. The van der Waals surface area contributed by atoms with Crippen LogP contribution in [-0.4, -0.2) is 40.5 Å². The van der Waals surface area contributed by atoms with Crippen LogP contribution in [0.15, 0.2) is 5.38 Å². The van der Waals surface area contributed by atoms with Crippen molar-refractivity contribution in [3.05, 3.63) is 16.1 Å². The first-order chi connectivity index (χ1) is 9.42. The lowest BCUT2D eigenvalue weighted by molar-refractivity contribution is -0.143. The van der Waals surface area contributed by atoms with Crippen molar-refractivity contribution in [2.75, 3.05) is 6.54 Å². The molecule has 0 saturated heterocycles. The summed E-state index contributed by atoms with van der Waals surface area (Å²) < 4.78 is 0. The van der Waals surface area contributed by atoms with E-state index in [1.165, 1.54) is 11.3 Å². The smallest absolute Gasteiger partial charge is 0.326 e. The fraction of sp³-hybridized carbons (Fsp3) is 0.455. The highest BCUT2D eigenvalue weighted by atomic mass is 32.1. The number of hydrogen-bond acceptors (Lipinski definition) is 6. The molecule has 8 nitrogen and oxygen atoms in total. The van der Waals surface area contributed by atoms with E-state index in [-0.39, 0.29) is 6.42 Å². The van der Waals surface area contributed by atoms with E-state index in [9.17, 15) is 14.4 Å². The van der Waals surface area contributed by atoms with Crippen LogP contribution in [0.25, 0.3) is 0 Å². The molecule has 0 aliphatic rings. The Morgan fingerprint density at radius 2 is 2.15 bits per heavy atom. The van der Waals surface area contributed by atoms with Gasteiger partial charge in [0.05, 0.1) is 23.5 Å². The molecule has 1 aromatic heterocycles. The Hall–Kier alpha value is -2.00. The first-order valence-corrected chi connectivity index (χ1v) is 6.74. The van der Waals surface area contributed by atoms with Gasteiger partial charge in [0, 0.05) is 11.8 Å². The lowest BCUT2D eigenvalue weighted by atomic mass is 10.2. The van der Waals surface area contributed by atoms with Crippen LogP contribution in [0.4, 0.5) is 0 Å². The van der Waals surface area contributed by atoms with Gasteiger partial charge in [0.2, 0.25) is 11.8 Å². The molecule has 1 rings (SSSR count). The van der Waals surface area contributed by atoms with Gasteiger partial charge in [0.15, 0.2) is 0 Å². The van der Waals surface area contributed by atoms with E-state index in [1.807, 2.05) is 0 Å². The third-order valence-electron chi connectivity index (χ3n) is 2.34. The monoisotopic (exact) mass is 300 g/mol. The summed E-state index contributed by atoms with van der Waals surface area (Å²) in [5.74, 6) is -2.63. The van der Waals surface area contributed by atoms with Gasteiger partial charge in [-0.3, -0.25) is 9.59 Å². The van der Waals surface area contributed by atoms with E-state index in [0.29, 0.717) is 18.7 Å². The normalized spacial score (nSPS) is 11.8. The van der Waals surface area contributed by atoms with Gasteiger partial charge in [-0.2, -0.15) is 0 Å². The number of aromatic nitrogens is 1. The van der Waals surface area contributed by atoms with Gasteiger partial charge < -0.3 is 21.9 Å². The van der Waals surface area contributed by atoms with Crippen LogP contribution in [0, 0.1) is 0 Å². The molecule has 0 saturated carbocycles. The summed E-state index contributed by atoms with van der Waals surface area (Å²) in [6, 6.07) is -1.32. The maximum Gasteiger partial charge on any atom is 0.326 e. The van der Waals surface area contributed by atoms with Crippen molar-refractivity contribution >= 4 is 29.1 Å². The van der Waals surface area contributed by atoms with E-state index in [4.69, 9.17) is 16.6 Å². The SMILES string of the molecule is NCCc1nc(CC(=O)NC(CC(N)=O)C(=O)O)cs1. The van der Waals surface area contributed by atoms with Crippen LogP contribution in [0.3, 0.4) is 0 Å². The zero-order valence-corrected chi connectivity index (χ0v) is 11.5. The van der Waals surface area contributed by atoms with E-state index in [1.54, 1.807) is 5.38 Å². The van der Waals surface area contributed by atoms with Gasteiger partial charge in [-0.25, -0.2) is 9.78 Å². The molecule has 0 aliphatic carbocycles. The molecule has 1 unspecified atom stereocenters. The molecule has 0 bridgehead atoms. The summed E-state index contributed by atoms with van der Waals surface area (Å²) in [4.78, 5) is 37.5. The van der Waals surface area contributed by atoms with Crippen molar-refractivity contribution in [1.29, 1.82) is 0 Å². The molecule has 9 heteroatoms. The number of carbonyl (C=O) groups is 3. The van der Waals surface area contributed by atoms with E-state index in [0.717, 1.165) is 5.01 Å². The number of primary amides is 1. The van der Waals surface area contributed by atoms with E-state index < -0.39 is 30.2 Å². The number of carboxylic acid groups (broad SMARTS) is 1. The third-order valence-corrected chi connectivity index (χ3v) is 3.30. The first-order valence-electron chi connectivity index (χ1n) is 5.86. The fourth-order valence-corrected chi connectivity index (χ4v) is 2.29. The number of carboxylic acids is 1. The number of nitrogens with zero attached hydrogens (tertiary/aromatic N) is 1. The van der Waals surface area contributed by atoms with E-state index >= 15 is 0 Å². The van der Waals surface area contributed by atoms with Crippen molar-refractivity contribution in [3.63, 3.8) is 0 Å². The fourth-order valence-electron chi connectivity index (χ4n) is 1.48. The average molecular weight is 300 g/mol. The van der Waals surface area contributed by atoms with Crippen LogP contribution in [0.2, 0.25) is 0 Å². The number of rotatable bonds is 8. The number of nitrogens with two attached hydrogens (primary N) is 2. The molecular weight excluding hydrogens is 284 g/mol. The van der Waals surface area contributed by atoms with Crippen molar-refractivity contribution in [2.45, 2.75) is 25.3 Å².